The third-order valence-corrected chi connectivity index (χ3v) is 4.83. The summed E-state index contributed by atoms with van der Waals surface area (Å²) in [5.74, 6) is -1.85. The van der Waals surface area contributed by atoms with Crippen LogP contribution in [0.1, 0.15) is 39.3 Å². The van der Waals surface area contributed by atoms with E-state index < -0.39 is 35.4 Å². The topological polar surface area (TPSA) is 107 Å². The summed E-state index contributed by atoms with van der Waals surface area (Å²) in [5, 5.41) is 0. The van der Waals surface area contributed by atoms with Crippen molar-refractivity contribution < 1.29 is 23.5 Å². The molecule has 0 bridgehead atoms. The molecule has 0 radical (unpaired) electrons. The first-order chi connectivity index (χ1) is 11.7. The normalized spacial score (nSPS) is 24.1. The SMILES string of the molecule is CC(=O)OC(C)C(=O)CCC1OC(n2cc(F)c(=O)[nH]c2=O)CC1Br. The molecule has 1 N–H and O–H groups in total. The second kappa shape index (κ2) is 8.05. The molecule has 4 unspecified atom stereocenters. The lowest BCUT2D eigenvalue weighted by molar-refractivity contribution is -0.152. The summed E-state index contributed by atoms with van der Waals surface area (Å²) in [5.41, 5.74) is -1.85. The Bertz CT molecular complexity index is 776. The Morgan fingerprint density at radius 2 is 2.20 bits per heavy atom. The average molecular weight is 421 g/mol. The highest BCUT2D eigenvalue weighted by molar-refractivity contribution is 9.09. The number of H-pyrrole nitrogens is 1. The number of Topliss-reactive ketones (excluding diaryl/α,β-unsaturated/α-hetero) is 1. The predicted octanol–water partition coefficient (Wildman–Crippen LogP) is 1.03. The number of aromatic amines is 1. The lowest BCUT2D eigenvalue weighted by Crippen LogP contribution is -2.33. The van der Waals surface area contributed by atoms with E-state index >= 15 is 0 Å². The number of aromatic nitrogens is 2. The van der Waals surface area contributed by atoms with E-state index in [9.17, 15) is 23.6 Å². The lowest BCUT2D eigenvalue weighted by Gasteiger charge is -2.17. The Balaban J connectivity index is 1.99. The Kier molecular flexibility index (Phi) is 6.28. The Morgan fingerprint density at radius 1 is 1.52 bits per heavy atom. The van der Waals surface area contributed by atoms with Crippen molar-refractivity contribution in [2.24, 2.45) is 0 Å². The van der Waals surface area contributed by atoms with Crippen molar-refractivity contribution in [3.63, 3.8) is 0 Å². The second-order valence-corrected chi connectivity index (χ2v) is 6.96. The van der Waals surface area contributed by atoms with Crippen LogP contribution in [-0.2, 0) is 19.1 Å². The number of carbonyl (C=O) groups excluding carboxylic acids is 2. The van der Waals surface area contributed by atoms with Gasteiger partial charge in [0.05, 0.1) is 12.3 Å². The van der Waals surface area contributed by atoms with Gasteiger partial charge in [-0.05, 0) is 13.3 Å². The van der Waals surface area contributed by atoms with Gasteiger partial charge in [-0.3, -0.25) is 23.9 Å². The van der Waals surface area contributed by atoms with E-state index in [1.807, 2.05) is 4.98 Å². The lowest BCUT2D eigenvalue weighted by atomic mass is 10.1. The first-order valence-electron chi connectivity index (χ1n) is 7.69. The van der Waals surface area contributed by atoms with E-state index in [0.29, 0.717) is 12.8 Å². The summed E-state index contributed by atoms with van der Waals surface area (Å²) in [6, 6.07) is 0. The van der Waals surface area contributed by atoms with Crippen LogP contribution in [0.3, 0.4) is 0 Å². The average Bonchev–Trinajstić information content (AvgIpc) is 2.88. The fraction of sp³-hybridized carbons (Fsp3) is 0.600. The number of hydrogen-bond acceptors (Lipinski definition) is 6. The maximum absolute atomic E-state index is 13.4. The van der Waals surface area contributed by atoms with Gasteiger partial charge in [-0.1, -0.05) is 15.9 Å². The van der Waals surface area contributed by atoms with Gasteiger partial charge in [0, 0.05) is 24.6 Å². The van der Waals surface area contributed by atoms with Crippen LogP contribution in [0.5, 0.6) is 0 Å². The monoisotopic (exact) mass is 420 g/mol. The van der Waals surface area contributed by atoms with Crippen molar-refractivity contribution in [3.8, 4) is 0 Å². The summed E-state index contributed by atoms with van der Waals surface area (Å²) in [6.07, 6.45) is -0.333. The number of hydrogen-bond donors (Lipinski definition) is 1. The quantitative estimate of drug-likeness (QED) is 0.543. The van der Waals surface area contributed by atoms with Crippen LogP contribution in [-0.4, -0.2) is 38.3 Å². The van der Waals surface area contributed by atoms with Crippen LogP contribution in [0.25, 0.3) is 0 Å². The number of carbonyl (C=O) groups is 2. The van der Waals surface area contributed by atoms with E-state index in [4.69, 9.17) is 9.47 Å². The van der Waals surface area contributed by atoms with Crippen LogP contribution < -0.4 is 11.2 Å². The van der Waals surface area contributed by atoms with Crippen molar-refractivity contribution in [2.45, 2.75) is 56.4 Å². The smallest absolute Gasteiger partial charge is 0.330 e. The Labute approximate surface area is 150 Å². The van der Waals surface area contributed by atoms with E-state index in [1.165, 1.54) is 13.8 Å². The van der Waals surface area contributed by atoms with Crippen molar-refractivity contribution in [1.29, 1.82) is 0 Å². The molecule has 2 heterocycles. The van der Waals surface area contributed by atoms with Crippen molar-refractivity contribution in [3.05, 3.63) is 32.9 Å². The van der Waals surface area contributed by atoms with Gasteiger partial charge in [0.2, 0.25) is 5.82 Å². The Hall–Kier alpha value is -1.81. The van der Waals surface area contributed by atoms with Crippen LogP contribution >= 0.6 is 15.9 Å². The molecule has 8 nitrogen and oxygen atoms in total. The summed E-state index contributed by atoms with van der Waals surface area (Å²) in [4.78, 5) is 47.4. The fourth-order valence-electron chi connectivity index (χ4n) is 2.59. The minimum absolute atomic E-state index is 0.128. The maximum atomic E-state index is 13.4. The minimum atomic E-state index is -1.09. The molecule has 1 fully saturated rings. The van der Waals surface area contributed by atoms with Crippen molar-refractivity contribution in [1.82, 2.24) is 9.55 Å². The molecule has 0 aromatic carbocycles. The highest BCUT2D eigenvalue weighted by Gasteiger charge is 2.35. The number of esters is 1. The van der Waals surface area contributed by atoms with E-state index in [0.717, 1.165) is 10.8 Å². The number of nitrogens with zero attached hydrogens (tertiary/aromatic N) is 1. The molecule has 25 heavy (non-hydrogen) atoms. The summed E-state index contributed by atoms with van der Waals surface area (Å²) < 4.78 is 24.9. The third kappa shape index (κ3) is 4.85. The van der Waals surface area contributed by atoms with Gasteiger partial charge in [-0.25, -0.2) is 4.79 Å². The van der Waals surface area contributed by atoms with Gasteiger partial charge in [0.1, 0.15) is 6.23 Å². The molecule has 2 rings (SSSR count). The molecule has 138 valence electrons. The van der Waals surface area contributed by atoms with Crippen LogP contribution in [0.15, 0.2) is 15.8 Å². The zero-order chi connectivity index (χ0) is 18.7. The number of halogens is 2. The molecule has 1 aromatic heterocycles. The van der Waals surface area contributed by atoms with Crippen molar-refractivity contribution in [2.75, 3.05) is 0 Å². The number of rotatable bonds is 6. The molecule has 4 atom stereocenters. The molecule has 0 spiro atoms. The molecule has 1 saturated heterocycles. The zero-order valence-corrected chi connectivity index (χ0v) is 15.2. The highest BCUT2D eigenvalue weighted by Crippen LogP contribution is 2.34. The highest BCUT2D eigenvalue weighted by atomic mass is 79.9. The first kappa shape index (κ1) is 19.5. The standard InChI is InChI=1S/C15H18BrFN2O6/c1-7(24-8(2)20)11(21)3-4-12-9(16)5-13(25-12)19-6-10(17)14(22)18-15(19)23/h6-7,9,12-13H,3-5H2,1-2H3,(H,18,22,23). The maximum Gasteiger partial charge on any atom is 0.330 e. The summed E-state index contributed by atoms with van der Waals surface area (Å²) >= 11 is 3.42. The summed E-state index contributed by atoms with van der Waals surface area (Å²) in [7, 11) is 0. The minimum Gasteiger partial charge on any atom is -0.455 e. The molecule has 1 aliphatic heterocycles. The number of ketones is 1. The van der Waals surface area contributed by atoms with Gasteiger partial charge in [-0.2, -0.15) is 4.39 Å². The van der Waals surface area contributed by atoms with Crippen LogP contribution in [0.2, 0.25) is 0 Å². The zero-order valence-electron chi connectivity index (χ0n) is 13.7. The van der Waals surface area contributed by atoms with Gasteiger partial charge < -0.3 is 9.47 Å². The van der Waals surface area contributed by atoms with Gasteiger partial charge in [0.15, 0.2) is 11.9 Å². The predicted molar refractivity (Wildman–Crippen MR) is 88.0 cm³/mol. The van der Waals surface area contributed by atoms with E-state index in [1.54, 1.807) is 0 Å². The van der Waals surface area contributed by atoms with Crippen LogP contribution in [0, 0.1) is 5.82 Å². The van der Waals surface area contributed by atoms with Gasteiger partial charge >= 0.3 is 11.7 Å². The second-order valence-electron chi connectivity index (χ2n) is 5.78. The molecular formula is C15H18BrFN2O6. The molecule has 0 saturated carbocycles. The molecular weight excluding hydrogens is 403 g/mol. The molecule has 0 aliphatic carbocycles. The van der Waals surface area contributed by atoms with Gasteiger partial charge in [-0.15, -0.1) is 0 Å². The Morgan fingerprint density at radius 3 is 2.84 bits per heavy atom. The number of ether oxygens (including phenoxy) is 2. The third-order valence-electron chi connectivity index (χ3n) is 3.87. The van der Waals surface area contributed by atoms with E-state index in [2.05, 4.69) is 15.9 Å². The first-order valence-corrected chi connectivity index (χ1v) is 8.61. The van der Waals surface area contributed by atoms with Crippen molar-refractivity contribution >= 4 is 27.7 Å². The molecule has 1 aliphatic rings. The van der Waals surface area contributed by atoms with Gasteiger partial charge in [0.25, 0.3) is 5.56 Å². The number of nitrogens with one attached hydrogen (secondary N) is 1. The molecule has 0 amide bonds. The molecule has 1 aromatic rings. The van der Waals surface area contributed by atoms with Crippen LogP contribution in [0.4, 0.5) is 4.39 Å². The summed E-state index contributed by atoms with van der Waals surface area (Å²) in [6.45, 7) is 2.72. The largest absolute Gasteiger partial charge is 0.455 e. The van der Waals surface area contributed by atoms with E-state index in [-0.39, 0.29) is 23.1 Å². The number of alkyl halides is 1. The molecule has 10 heteroatoms. The fourth-order valence-corrected chi connectivity index (χ4v) is 3.30.